The van der Waals surface area contributed by atoms with Gasteiger partial charge in [-0.15, -0.1) is 11.3 Å². The summed E-state index contributed by atoms with van der Waals surface area (Å²) in [6, 6.07) is 21.7. The third-order valence-electron chi connectivity index (χ3n) is 5.59. The third kappa shape index (κ3) is 3.07. The van der Waals surface area contributed by atoms with Crippen molar-refractivity contribution in [3.8, 4) is 0 Å². The molecule has 0 bridgehead atoms. The predicted octanol–water partition coefficient (Wildman–Crippen LogP) is 5.93. The molecule has 1 atom stereocenters. The van der Waals surface area contributed by atoms with E-state index in [0.717, 1.165) is 11.7 Å². The summed E-state index contributed by atoms with van der Waals surface area (Å²) < 4.78 is 0. The summed E-state index contributed by atoms with van der Waals surface area (Å²) in [7, 11) is 0. The minimum Gasteiger partial charge on any atom is -0.333 e. The Morgan fingerprint density at radius 2 is 1.67 bits per heavy atom. The van der Waals surface area contributed by atoms with Crippen molar-refractivity contribution in [1.82, 2.24) is 4.90 Å². The minimum atomic E-state index is 0.188. The Hall–Kier alpha value is -2.17. The summed E-state index contributed by atoms with van der Waals surface area (Å²) in [5.41, 5.74) is 5.65. The second-order valence-corrected chi connectivity index (χ2v) is 8.80. The highest BCUT2D eigenvalue weighted by Crippen LogP contribution is 2.48. The van der Waals surface area contributed by atoms with Crippen molar-refractivity contribution < 1.29 is 0 Å². The molecule has 1 N–H and O–H groups in total. The van der Waals surface area contributed by atoms with Crippen LogP contribution in [0.1, 0.15) is 46.0 Å². The van der Waals surface area contributed by atoms with Crippen molar-refractivity contribution in [1.29, 1.82) is 0 Å². The SMILES string of the molecule is S=C1Nc2sc3c(c2C(c2ccccc2)N1Cc1ccccc1)CCCC3. The molecule has 136 valence electrons. The van der Waals surface area contributed by atoms with Gasteiger partial charge in [0.15, 0.2) is 5.11 Å². The van der Waals surface area contributed by atoms with Crippen molar-refractivity contribution in [3.05, 3.63) is 87.8 Å². The lowest BCUT2D eigenvalue weighted by Crippen LogP contribution is -2.42. The highest BCUT2D eigenvalue weighted by Gasteiger charge is 2.36. The average molecular weight is 391 g/mol. The van der Waals surface area contributed by atoms with Crippen LogP contribution < -0.4 is 5.32 Å². The Bertz CT molecular complexity index is 963. The molecule has 2 aromatic carbocycles. The first-order valence-electron chi connectivity index (χ1n) is 9.62. The van der Waals surface area contributed by atoms with Gasteiger partial charge in [-0.1, -0.05) is 60.7 Å². The van der Waals surface area contributed by atoms with Crippen molar-refractivity contribution >= 4 is 33.7 Å². The Labute approximate surface area is 169 Å². The molecule has 5 rings (SSSR count). The number of thiocarbonyl (C=S) groups is 1. The number of aryl methyl sites for hydroxylation is 1. The first kappa shape index (κ1) is 17.0. The van der Waals surface area contributed by atoms with Crippen LogP contribution in [0.25, 0.3) is 0 Å². The second kappa shape index (κ2) is 7.10. The molecule has 0 saturated heterocycles. The van der Waals surface area contributed by atoms with E-state index in [2.05, 4.69) is 70.9 Å². The van der Waals surface area contributed by atoms with E-state index in [0.29, 0.717) is 0 Å². The lowest BCUT2D eigenvalue weighted by Gasteiger charge is -2.39. The van der Waals surface area contributed by atoms with E-state index in [1.165, 1.54) is 47.4 Å². The highest BCUT2D eigenvalue weighted by molar-refractivity contribution is 7.80. The number of nitrogens with one attached hydrogen (secondary N) is 1. The average Bonchev–Trinajstić information content (AvgIpc) is 3.08. The molecule has 2 nitrogen and oxygen atoms in total. The number of hydrogen-bond acceptors (Lipinski definition) is 2. The Morgan fingerprint density at radius 1 is 0.963 bits per heavy atom. The molecule has 3 aromatic rings. The maximum absolute atomic E-state index is 5.84. The van der Waals surface area contributed by atoms with Gasteiger partial charge >= 0.3 is 0 Å². The first-order valence-corrected chi connectivity index (χ1v) is 10.8. The van der Waals surface area contributed by atoms with E-state index in [1.54, 1.807) is 10.4 Å². The first-order chi connectivity index (χ1) is 13.3. The van der Waals surface area contributed by atoms with E-state index in [-0.39, 0.29) is 6.04 Å². The molecule has 1 aliphatic heterocycles. The van der Waals surface area contributed by atoms with E-state index in [1.807, 2.05) is 11.3 Å². The van der Waals surface area contributed by atoms with Crippen molar-refractivity contribution in [3.63, 3.8) is 0 Å². The van der Waals surface area contributed by atoms with Gasteiger partial charge in [0.05, 0.1) is 6.04 Å². The molecule has 4 heteroatoms. The minimum absolute atomic E-state index is 0.188. The van der Waals surface area contributed by atoms with E-state index < -0.39 is 0 Å². The molecular weight excluding hydrogens is 368 g/mol. The van der Waals surface area contributed by atoms with Gasteiger partial charge in [-0.3, -0.25) is 0 Å². The number of rotatable bonds is 3. The zero-order valence-corrected chi connectivity index (χ0v) is 16.8. The second-order valence-electron chi connectivity index (χ2n) is 7.31. The van der Waals surface area contributed by atoms with E-state index >= 15 is 0 Å². The fraction of sp³-hybridized carbons (Fsp3) is 0.261. The Morgan fingerprint density at radius 3 is 2.44 bits per heavy atom. The molecule has 2 aliphatic rings. The van der Waals surface area contributed by atoms with Gasteiger partial charge in [0, 0.05) is 17.0 Å². The smallest absolute Gasteiger partial charge is 0.175 e. The van der Waals surface area contributed by atoms with Gasteiger partial charge in [-0.05, 0) is 54.6 Å². The number of fused-ring (bicyclic) bond motifs is 3. The normalized spacial score (nSPS) is 18.6. The van der Waals surface area contributed by atoms with Gasteiger partial charge in [0.2, 0.25) is 0 Å². The summed E-state index contributed by atoms with van der Waals surface area (Å²) in [5, 5.41) is 5.66. The van der Waals surface area contributed by atoms with Crippen LogP contribution in [0.3, 0.4) is 0 Å². The Balaban J connectivity index is 1.64. The molecular formula is C23H22N2S2. The number of anilines is 1. The van der Waals surface area contributed by atoms with Gasteiger partial charge < -0.3 is 10.2 Å². The summed E-state index contributed by atoms with van der Waals surface area (Å²) in [4.78, 5) is 3.92. The number of nitrogens with zero attached hydrogens (tertiary/aromatic N) is 1. The zero-order valence-electron chi connectivity index (χ0n) is 15.2. The lowest BCUT2D eigenvalue weighted by atomic mass is 9.88. The molecule has 1 aromatic heterocycles. The van der Waals surface area contributed by atoms with Crippen LogP contribution in [0.5, 0.6) is 0 Å². The summed E-state index contributed by atoms with van der Waals surface area (Å²) in [5.74, 6) is 0. The maximum atomic E-state index is 5.84. The van der Waals surface area contributed by atoms with E-state index in [4.69, 9.17) is 12.2 Å². The molecule has 0 spiro atoms. The van der Waals surface area contributed by atoms with Crippen LogP contribution in [0.4, 0.5) is 5.00 Å². The van der Waals surface area contributed by atoms with Gasteiger partial charge in [0.25, 0.3) is 0 Å². The Kier molecular flexibility index (Phi) is 4.46. The van der Waals surface area contributed by atoms with Crippen LogP contribution in [0.15, 0.2) is 60.7 Å². The van der Waals surface area contributed by atoms with E-state index in [9.17, 15) is 0 Å². The molecule has 1 aliphatic carbocycles. The number of benzene rings is 2. The molecule has 0 fully saturated rings. The standard InChI is InChI=1S/C23H22N2S2/c26-23-24-22-20(18-13-7-8-14-19(18)27-22)21(17-11-5-2-6-12-17)25(23)15-16-9-3-1-4-10-16/h1-6,9-12,21H,7-8,13-15H2,(H,24,26). The lowest BCUT2D eigenvalue weighted by molar-refractivity contribution is 0.348. The summed E-state index contributed by atoms with van der Waals surface area (Å²) >= 11 is 7.76. The summed E-state index contributed by atoms with van der Waals surface area (Å²) in [6.07, 6.45) is 5.00. The van der Waals surface area contributed by atoms with Crippen LogP contribution in [0, 0.1) is 0 Å². The third-order valence-corrected chi connectivity index (χ3v) is 7.15. The zero-order chi connectivity index (χ0) is 18.2. The van der Waals surface area contributed by atoms with Crippen LogP contribution in [-0.2, 0) is 19.4 Å². The molecule has 2 heterocycles. The van der Waals surface area contributed by atoms with Gasteiger partial charge in [-0.25, -0.2) is 0 Å². The van der Waals surface area contributed by atoms with Crippen molar-refractivity contribution in [2.45, 2.75) is 38.3 Å². The molecule has 0 radical (unpaired) electrons. The van der Waals surface area contributed by atoms with Crippen molar-refractivity contribution in [2.75, 3.05) is 5.32 Å². The van der Waals surface area contributed by atoms with Gasteiger partial charge in [-0.2, -0.15) is 0 Å². The topological polar surface area (TPSA) is 15.3 Å². The van der Waals surface area contributed by atoms with Crippen LogP contribution >= 0.6 is 23.6 Å². The summed E-state index contributed by atoms with van der Waals surface area (Å²) in [6.45, 7) is 0.816. The number of hydrogen-bond donors (Lipinski definition) is 1. The number of thiophene rings is 1. The van der Waals surface area contributed by atoms with Crippen LogP contribution in [-0.4, -0.2) is 10.0 Å². The molecule has 0 saturated carbocycles. The molecule has 1 unspecified atom stereocenters. The molecule has 0 amide bonds. The largest absolute Gasteiger partial charge is 0.333 e. The van der Waals surface area contributed by atoms with Gasteiger partial charge in [0.1, 0.15) is 5.00 Å². The fourth-order valence-corrected chi connectivity index (χ4v) is 6.00. The molecule has 27 heavy (non-hydrogen) atoms. The van der Waals surface area contributed by atoms with Crippen LogP contribution in [0.2, 0.25) is 0 Å². The fourth-order valence-electron chi connectivity index (χ4n) is 4.34. The quantitative estimate of drug-likeness (QED) is 0.558. The monoisotopic (exact) mass is 390 g/mol. The predicted molar refractivity (Wildman–Crippen MR) is 117 cm³/mol. The highest BCUT2D eigenvalue weighted by atomic mass is 32.1. The maximum Gasteiger partial charge on any atom is 0.175 e. The van der Waals surface area contributed by atoms with Crippen molar-refractivity contribution in [2.24, 2.45) is 0 Å².